The van der Waals surface area contributed by atoms with E-state index in [0.717, 1.165) is 12.0 Å². The Kier molecular flexibility index (Phi) is 8.03. The molecular weight excluding hydrogens is 420 g/mol. The number of nitrogens with zero attached hydrogens (tertiary/aromatic N) is 1. The molecule has 2 aromatic rings. The number of rotatable bonds is 10. The molecular formula is C22H28N2O6S. The predicted octanol–water partition coefficient (Wildman–Crippen LogP) is 1.76. The van der Waals surface area contributed by atoms with Crippen LogP contribution in [0.15, 0.2) is 59.5 Å². The van der Waals surface area contributed by atoms with Gasteiger partial charge in [-0.05, 0) is 36.8 Å². The van der Waals surface area contributed by atoms with Crippen LogP contribution in [0.3, 0.4) is 0 Å². The van der Waals surface area contributed by atoms with Gasteiger partial charge in [0.15, 0.2) is 0 Å². The van der Waals surface area contributed by atoms with Crippen LogP contribution in [0.25, 0.3) is 0 Å². The number of benzene rings is 2. The van der Waals surface area contributed by atoms with Crippen molar-refractivity contribution in [1.29, 1.82) is 0 Å². The molecule has 9 heteroatoms. The summed E-state index contributed by atoms with van der Waals surface area (Å²) in [7, 11) is -3.85. The fourth-order valence-electron chi connectivity index (χ4n) is 3.42. The molecule has 8 nitrogen and oxygen atoms in total. The van der Waals surface area contributed by atoms with Crippen molar-refractivity contribution in [3.8, 4) is 5.75 Å². The fourth-order valence-corrected chi connectivity index (χ4v) is 4.46. The van der Waals surface area contributed by atoms with Crippen LogP contribution in [0.2, 0.25) is 0 Å². The number of sulfonamides is 1. The molecule has 3 rings (SSSR count). The molecule has 31 heavy (non-hydrogen) atoms. The molecule has 1 aliphatic rings. The highest BCUT2D eigenvalue weighted by molar-refractivity contribution is 7.89. The normalized spacial score (nSPS) is 18.4. The van der Waals surface area contributed by atoms with Gasteiger partial charge in [-0.1, -0.05) is 30.3 Å². The lowest BCUT2D eigenvalue weighted by Crippen LogP contribution is -2.54. The number of carboxylic acids is 1. The first-order valence-corrected chi connectivity index (χ1v) is 11.7. The van der Waals surface area contributed by atoms with Gasteiger partial charge < -0.3 is 14.6 Å². The van der Waals surface area contributed by atoms with E-state index in [2.05, 4.69) is 4.72 Å². The molecule has 0 aromatic heterocycles. The van der Waals surface area contributed by atoms with Gasteiger partial charge >= 0.3 is 5.97 Å². The Morgan fingerprint density at radius 3 is 2.58 bits per heavy atom. The van der Waals surface area contributed by atoms with Gasteiger partial charge in [0, 0.05) is 26.1 Å². The topological polar surface area (TPSA) is 105 Å². The molecule has 2 unspecified atom stereocenters. The summed E-state index contributed by atoms with van der Waals surface area (Å²) >= 11 is 0. The summed E-state index contributed by atoms with van der Waals surface area (Å²) in [5.74, 6) is -0.500. The summed E-state index contributed by atoms with van der Waals surface area (Å²) in [5.41, 5.74) is 1.16. The molecule has 2 aromatic carbocycles. The first kappa shape index (κ1) is 23.2. The Bertz CT molecular complexity index is 950. The van der Waals surface area contributed by atoms with E-state index in [1.54, 1.807) is 17.0 Å². The number of morpholine rings is 1. The Hall–Kier alpha value is -2.46. The minimum atomic E-state index is -3.85. The number of carboxylic acid groups (broad SMARTS) is 1. The number of ether oxygens (including phenoxy) is 2. The maximum absolute atomic E-state index is 12.6. The number of aliphatic carboxylic acids is 1. The van der Waals surface area contributed by atoms with Crippen LogP contribution >= 0.6 is 0 Å². The number of hydrogen-bond donors (Lipinski definition) is 2. The quantitative estimate of drug-likeness (QED) is 0.571. The minimum absolute atomic E-state index is 0.0578. The maximum Gasteiger partial charge on any atom is 0.322 e. The molecule has 2 atom stereocenters. The second kappa shape index (κ2) is 10.7. The molecule has 1 saturated heterocycles. The molecule has 0 bridgehead atoms. The largest absolute Gasteiger partial charge is 0.493 e. The molecule has 0 spiro atoms. The van der Waals surface area contributed by atoms with E-state index in [9.17, 15) is 18.3 Å². The van der Waals surface area contributed by atoms with Crippen LogP contribution in [0.5, 0.6) is 5.75 Å². The van der Waals surface area contributed by atoms with Gasteiger partial charge in [-0.3, -0.25) is 9.69 Å². The van der Waals surface area contributed by atoms with Gasteiger partial charge in [-0.15, -0.1) is 0 Å². The summed E-state index contributed by atoms with van der Waals surface area (Å²) in [6.07, 6.45) is 0.653. The molecule has 0 amide bonds. The average molecular weight is 449 g/mol. The van der Waals surface area contributed by atoms with Crippen molar-refractivity contribution in [3.63, 3.8) is 0 Å². The molecule has 1 aliphatic heterocycles. The van der Waals surface area contributed by atoms with E-state index in [1.165, 1.54) is 12.1 Å². The van der Waals surface area contributed by atoms with Crippen molar-refractivity contribution < 1.29 is 27.8 Å². The van der Waals surface area contributed by atoms with Crippen molar-refractivity contribution in [2.75, 3.05) is 32.8 Å². The van der Waals surface area contributed by atoms with Crippen molar-refractivity contribution in [2.24, 2.45) is 0 Å². The number of carbonyl (C=O) groups is 1. The summed E-state index contributed by atoms with van der Waals surface area (Å²) < 4.78 is 38.8. The first-order valence-electron chi connectivity index (χ1n) is 10.2. The average Bonchev–Trinajstić information content (AvgIpc) is 2.75. The summed E-state index contributed by atoms with van der Waals surface area (Å²) in [4.78, 5) is 13.5. The SMILES string of the molecule is CC1CN(C(CNS(=O)(=O)c2ccc(OCCc3ccccc3)cc2)C(=O)O)CCO1. The zero-order valence-electron chi connectivity index (χ0n) is 17.4. The van der Waals surface area contributed by atoms with Crippen LogP contribution in [-0.2, 0) is 26.0 Å². The van der Waals surface area contributed by atoms with Gasteiger partial charge in [0.25, 0.3) is 0 Å². The van der Waals surface area contributed by atoms with Gasteiger partial charge in [0.05, 0.1) is 24.2 Å². The number of nitrogens with one attached hydrogen (secondary N) is 1. The highest BCUT2D eigenvalue weighted by Crippen LogP contribution is 2.17. The van der Waals surface area contributed by atoms with Crippen molar-refractivity contribution >= 4 is 16.0 Å². The van der Waals surface area contributed by atoms with E-state index in [4.69, 9.17) is 9.47 Å². The van der Waals surface area contributed by atoms with Crippen LogP contribution in [-0.4, -0.2) is 69.4 Å². The standard InChI is InChI=1S/C22H28N2O6S/c1-17-16-24(12-14-29-17)21(22(25)26)15-23-31(27,28)20-9-7-19(8-10-20)30-13-11-18-5-3-2-4-6-18/h2-10,17,21,23H,11-16H2,1H3,(H,25,26). The van der Waals surface area contributed by atoms with E-state index in [-0.39, 0.29) is 17.5 Å². The third-order valence-corrected chi connectivity index (χ3v) is 6.54. The van der Waals surface area contributed by atoms with E-state index >= 15 is 0 Å². The lowest BCUT2D eigenvalue weighted by molar-refractivity contribution is -0.145. The summed E-state index contributed by atoms with van der Waals surface area (Å²) in [6.45, 7) is 3.42. The fraction of sp³-hybridized carbons (Fsp3) is 0.409. The second-order valence-corrected chi connectivity index (χ2v) is 9.20. The Morgan fingerprint density at radius 1 is 1.23 bits per heavy atom. The zero-order valence-corrected chi connectivity index (χ0v) is 18.3. The first-order chi connectivity index (χ1) is 14.8. The molecule has 0 aliphatic carbocycles. The zero-order chi connectivity index (χ0) is 22.3. The monoisotopic (exact) mass is 448 g/mol. The van der Waals surface area contributed by atoms with Crippen LogP contribution in [0.1, 0.15) is 12.5 Å². The summed E-state index contributed by atoms with van der Waals surface area (Å²) in [6, 6.07) is 15.1. The van der Waals surface area contributed by atoms with E-state index in [1.807, 2.05) is 37.3 Å². The Labute approximate surface area is 182 Å². The highest BCUT2D eigenvalue weighted by atomic mass is 32.2. The van der Waals surface area contributed by atoms with Crippen LogP contribution in [0, 0.1) is 0 Å². The van der Waals surface area contributed by atoms with Gasteiger partial charge in [-0.25, -0.2) is 13.1 Å². The number of hydrogen-bond acceptors (Lipinski definition) is 6. The third kappa shape index (κ3) is 6.76. The molecule has 0 radical (unpaired) electrons. The van der Waals surface area contributed by atoms with Gasteiger partial charge in [0.2, 0.25) is 10.0 Å². The van der Waals surface area contributed by atoms with E-state index in [0.29, 0.717) is 32.1 Å². The molecule has 1 heterocycles. The van der Waals surface area contributed by atoms with Gasteiger partial charge in [-0.2, -0.15) is 0 Å². The van der Waals surface area contributed by atoms with Crippen LogP contribution < -0.4 is 9.46 Å². The maximum atomic E-state index is 12.6. The predicted molar refractivity (Wildman–Crippen MR) is 116 cm³/mol. The van der Waals surface area contributed by atoms with E-state index < -0.39 is 22.0 Å². The lowest BCUT2D eigenvalue weighted by Gasteiger charge is -2.35. The van der Waals surface area contributed by atoms with Crippen molar-refractivity contribution in [2.45, 2.75) is 30.4 Å². The van der Waals surface area contributed by atoms with Crippen molar-refractivity contribution in [1.82, 2.24) is 9.62 Å². The van der Waals surface area contributed by atoms with Gasteiger partial charge in [0.1, 0.15) is 11.8 Å². The lowest BCUT2D eigenvalue weighted by atomic mass is 10.2. The Balaban J connectivity index is 1.55. The molecule has 1 fully saturated rings. The smallest absolute Gasteiger partial charge is 0.322 e. The second-order valence-electron chi connectivity index (χ2n) is 7.44. The van der Waals surface area contributed by atoms with Crippen molar-refractivity contribution in [3.05, 3.63) is 60.2 Å². The Morgan fingerprint density at radius 2 is 1.94 bits per heavy atom. The minimum Gasteiger partial charge on any atom is -0.493 e. The highest BCUT2D eigenvalue weighted by Gasteiger charge is 2.30. The molecule has 0 saturated carbocycles. The van der Waals surface area contributed by atoms with Crippen LogP contribution in [0.4, 0.5) is 0 Å². The molecule has 168 valence electrons. The summed E-state index contributed by atoms with van der Waals surface area (Å²) in [5, 5.41) is 9.55. The molecule has 2 N–H and O–H groups in total. The third-order valence-electron chi connectivity index (χ3n) is 5.10.